The van der Waals surface area contributed by atoms with E-state index in [-0.39, 0.29) is 11.8 Å². The average Bonchev–Trinajstić information content (AvgIpc) is 3.24. The van der Waals surface area contributed by atoms with Crippen molar-refractivity contribution < 1.29 is 4.79 Å². The van der Waals surface area contributed by atoms with E-state index in [1.54, 1.807) is 11.3 Å². The Labute approximate surface area is 148 Å². The number of hydrogen-bond acceptors (Lipinski definition) is 6. The Hall–Kier alpha value is -1.18. The molecule has 0 aliphatic carbocycles. The molecule has 3 heterocycles. The van der Waals surface area contributed by atoms with E-state index in [0.29, 0.717) is 6.04 Å². The second-order valence-corrected chi connectivity index (χ2v) is 7.93. The average molecular weight is 352 g/mol. The monoisotopic (exact) mass is 351 g/mol. The second kappa shape index (κ2) is 8.27. The van der Waals surface area contributed by atoms with Crippen LogP contribution in [0.4, 0.5) is 5.13 Å². The minimum atomic E-state index is 0.0954. The van der Waals surface area contributed by atoms with Crippen molar-refractivity contribution in [2.24, 2.45) is 5.92 Å². The topological polar surface area (TPSA) is 60.5 Å². The minimum absolute atomic E-state index is 0.0954. The van der Waals surface area contributed by atoms with Crippen molar-refractivity contribution in [3.8, 4) is 0 Å². The molecule has 7 heteroatoms. The van der Waals surface area contributed by atoms with Gasteiger partial charge in [0.2, 0.25) is 5.91 Å². The maximum Gasteiger partial charge on any atom is 0.225 e. The van der Waals surface area contributed by atoms with Crippen LogP contribution in [0.1, 0.15) is 32.4 Å². The first-order valence-corrected chi connectivity index (χ1v) is 9.92. The number of hydrogen-bond donors (Lipinski definition) is 2. The first-order chi connectivity index (χ1) is 11.6. The van der Waals surface area contributed by atoms with Crippen molar-refractivity contribution in [2.45, 2.75) is 39.3 Å². The molecule has 0 unspecified atom stereocenters. The number of piperazine rings is 1. The lowest BCUT2D eigenvalue weighted by atomic mass is 10.1. The number of thiazole rings is 1. The Balaban J connectivity index is 1.41. The molecular formula is C17H29N5OS. The molecule has 1 aromatic rings. The molecule has 24 heavy (non-hydrogen) atoms. The Kier molecular flexibility index (Phi) is 6.08. The van der Waals surface area contributed by atoms with Gasteiger partial charge in [-0.15, -0.1) is 11.3 Å². The maximum absolute atomic E-state index is 12.0. The first kappa shape index (κ1) is 17.6. The van der Waals surface area contributed by atoms with Gasteiger partial charge >= 0.3 is 0 Å². The Morgan fingerprint density at radius 1 is 1.42 bits per heavy atom. The third-order valence-corrected chi connectivity index (χ3v) is 5.63. The summed E-state index contributed by atoms with van der Waals surface area (Å²) in [4.78, 5) is 21.1. The van der Waals surface area contributed by atoms with E-state index in [9.17, 15) is 4.79 Å². The van der Waals surface area contributed by atoms with Crippen LogP contribution in [0.25, 0.3) is 0 Å². The number of anilines is 1. The van der Waals surface area contributed by atoms with E-state index in [1.165, 1.54) is 12.8 Å². The van der Waals surface area contributed by atoms with Gasteiger partial charge in [0.25, 0.3) is 0 Å². The Morgan fingerprint density at radius 3 is 2.88 bits per heavy atom. The highest BCUT2D eigenvalue weighted by Crippen LogP contribution is 2.18. The standard InChI is InChI=1S/C17H29N5OS/c1-13(2)16(23)22-8-6-21(7-9-22)11-15-12-24-17(20-15)19-10-14-4-3-5-18-14/h12-14,18H,3-11H2,1-2H3,(H,19,20)/t14-/m0/s1. The number of aromatic nitrogens is 1. The summed E-state index contributed by atoms with van der Waals surface area (Å²) in [6.07, 6.45) is 2.53. The number of amides is 1. The highest BCUT2D eigenvalue weighted by atomic mass is 32.1. The molecular weight excluding hydrogens is 322 g/mol. The van der Waals surface area contributed by atoms with E-state index in [0.717, 1.165) is 56.6 Å². The van der Waals surface area contributed by atoms with Crippen molar-refractivity contribution in [2.75, 3.05) is 44.6 Å². The van der Waals surface area contributed by atoms with E-state index in [4.69, 9.17) is 4.98 Å². The fourth-order valence-electron chi connectivity index (χ4n) is 3.32. The summed E-state index contributed by atoms with van der Waals surface area (Å²) < 4.78 is 0. The van der Waals surface area contributed by atoms with Crippen molar-refractivity contribution in [1.29, 1.82) is 0 Å². The summed E-state index contributed by atoms with van der Waals surface area (Å²) in [5, 5.41) is 10.1. The normalized spacial score (nSPS) is 22.3. The molecule has 0 radical (unpaired) electrons. The van der Waals surface area contributed by atoms with Gasteiger partial charge in [0.1, 0.15) is 0 Å². The van der Waals surface area contributed by atoms with Gasteiger partial charge in [-0.05, 0) is 19.4 Å². The molecule has 134 valence electrons. The predicted molar refractivity (Wildman–Crippen MR) is 98.3 cm³/mol. The highest BCUT2D eigenvalue weighted by molar-refractivity contribution is 7.13. The summed E-state index contributed by atoms with van der Waals surface area (Å²) >= 11 is 1.69. The number of rotatable bonds is 6. The van der Waals surface area contributed by atoms with Crippen LogP contribution >= 0.6 is 11.3 Å². The summed E-state index contributed by atoms with van der Waals surface area (Å²) in [6.45, 7) is 10.5. The molecule has 2 fully saturated rings. The third kappa shape index (κ3) is 4.68. The van der Waals surface area contributed by atoms with Crippen LogP contribution in [-0.4, -0.2) is 66.0 Å². The fraction of sp³-hybridized carbons (Fsp3) is 0.765. The molecule has 2 N–H and O–H groups in total. The smallest absolute Gasteiger partial charge is 0.225 e. The molecule has 2 aliphatic heterocycles. The molecule has 0 bridgehead atoms. The number of carbonyl (C=O) groups excluding carboxylic acids is 1. The van der Waals surface area contributed by atoms with Crippen LogP contribution in [0.2, 0.25) is 0 Å². The van der Waals surface area contributed by atoms with Crippen molar-refractivity contribution >= 4 is 22.4 Å². The molecule has 0 saturated carbocycles. The van der Waals surface area contributed by atoms with E-state index < -0.39 is 0 Å². The lowest BCUT2D eigenvalue weighted by Crippen LogP contribution is -2.49. The first-order valence-electron chi connectivity index (χ1n) is 9.04. The van der Waals surface area contributed by atoms with Crippen LogP contribution in [0.5, 0.6) is 0 Å². The van der Waals surface area contributed by atoms with Gasteiger partial charge in [-0.25, -0.2) is 4.98 Å². The van der Waals surface area contributed by atoms with Crippen LogP contribution in [0, 0.1) is 5.92 Å². The van der Waals surface area contributed by atoms with Crippen molar-refractivity contribution in [1.82, 2.24) is 20.1 Å². The van der Waals surface area contributed by atoms with Crippen LogP contribution in [-0.2, 0) is 11.3 Å². The van der Waals surface area contributed by atoms with Gasteiger partial charge in [0, 0.05) is 56.6 Å². The fourth-order valence-corrected chi connectivity index (χ4v) is 4.03. The van der Waals surface area contributed by atoms with Gasteiger partial charge in [0.15, 0.2) is 5.13 Å². The number of nitrogens with zero attached hydrogens (tertiary/aromatic N) is 3. The zero-order valence-corrected chi connectivity index (χ0v) is 15.6. The highest BCUT2D eigenvalue weighted by Gasteiger charge is 2.23. The molecule has 6 nitrogen and oxygen atoms in total. The Bertz CT molecular complexity index is 533. The maximum atomic E-state index is 12.0. The summed E-state index contributed by atoms with van der Waals surface area (Å²) in [6, 6.07) is 0.587. The lowest BCUT2D eigenvalue weighted by Gasteiger charge is -2.35. The van der Waals surface area contributed by atoms with E-state index >= 15 is 0 Å². The molecule has 1 amide bonds. The molecule has 2 saturated heterocycles. The molecule has 1 aromatic heterocycles. The largest absolute Gasteiger partial charge is 0.360 e. The SMILES string of the molecule is CC(C)C(=O)N1CCN(Cc2csc(NC[C@@H]3CCCN3)n2)CC1. The van der Waals surface area contributed by atoms with Crippen LogP contribution in [0.15, 0.2) is 5.38 Å². The van der Waals surface area contributed by atoms with E-state index in [1.807, 2.05) is 18.7 Å². The van der Waals surface area contributed by atoms with Gasteiger partial charge < -0.3 is 15.5 Å². The van der Waals surface area contributed by atoms with Gasteiger partial charge in [-0.3, -0.25) is 9.69 Å². The predicted octanol–water partition coefficient (Wildman–Crippen LogP) is 1.61. The third-order valence-electron chi connectivity index (χ3n) is 4.78. The van der Waals surface area contributed by atoms with Gasteiger partial charge in [-0.2, -0.15) is 0 Å². The summed E-state index contributed by atoms with van der Waals surface area (Å²) in [5.41, 5.74) is 1.13. The van der Waals surface area contributed by atoms with Crippen molar-refractivity contribution in [3.05, 3.63) is 11.1 Å². The zero-order chi connectivity index (χ0) is 16.9. The molecule has 1 atom stereocenters. The number of carbonyl (C=O) groups is 1. The summed E-state index contributed by atoms with van der Waals surface area (Å²) in [5.74, 6) is 0.369. The molecule has 2 aliphatic rings. The second-order valence-electron chi connectivity index (χ2n) is 7.07. The van der Waals surface area contributed by atoms with Crippen LogP contribution < -0.4 is 10.6 Å². The summed E-state index contributed by atoms with van der Waals surface area (Å²) in [7, 11) is 0. The number of nitrogens with one attached hydrogen (secondary N) is 2. The molecule has 0 spiro atoms. The molecule has 3 rings (SSSR count). The zero-order valence-electron chi connectivity index (χ0n) is 14.8. The quantitative estimate of drug-likeness (QED) is 0.815. The molecule has 0 aromatic carbocycles. The van der Waals surface area contributed by atoms with Crippen LogP contribution in [0.3, 0.4) is 0 Å². The van der Waals surface area contributed by atoms with Gasteiger partial charge in [0.05, 0.1) is 5.69 Å². The Morgan fingerprint density at radius 2 is 2.21 bits per heavy atom. The van der Waals surface area contributed by atoms with Gasteiger partial charge in [-0.1, -0.05) is 13.8 Å². The minimum Gasteiger partial charge on any atom is -0.360 e. The van der Waals surface area contributed by atoms with E-state index in [2.05, 4.69) is 20.9 Å². The van der Waals surface area contributed by atoms with Crippen molar-refractivity contribution in [3.63, 3.8) is 0 Å². The lowest BCUT2D eigenvalue weighted by molar-refractivity contribution is -0.136.